The first-order valence-electron chi connectivity index (χ1n) is 13.5. The molecular weight excluding hydrogens is 484 g/mol. The van der Waals surface area contributed by atoms with Crippen LogP contribution in [0.15, 0.2) is 42.0 Å². The third-order valence-corrected chi connectivity index (χ3v) is 7.15. The Hall–Kier alpha value is -3.20. The van der Waals surface area contributed by atoms with Crippen LogP contribution in [0.25, 0.3) is 0 Å². The number of hydrogen-bond acceptors (Lipinski definition) is 6. The number of likely N-dealkylation sites (N-methyl/N-ethyl adjacent to an activating group) is 2. The SMILES string of the molecule is CCN(CC)CC(OC(=O)[C@@H]1CCCN1C(=O)/C(C)=C/[C@H](C(C)C)N(C)C(=O)CNC=O)c1ccccc1. The van der Waals surface area contributed by atoms with Crippen LogP contribution in [0.1, 0.15) is 59.1 Å². The summed E-state index contributed by atoms with van der Waals surface area (Å²) < 4.78 is 6.06. The molecule has 1 aliphatic rings. The standard InChI is InChI=1S/C29H44N4O5/c1-7-32(8-2)19-26(23-13-10-9-11-14-23)38-29(37)24-15-12-16-33(24)28(36)22(5)17-25(21(3)4)31(6)27(35)18-30-20-34/h9-11,13-14,17,20-21,24-26H,7-8,12,15-16,18-19H2,1-6H3,(H,30,34)/b22-17+/t24-,25+,26?/m0/s1. The molecular formula is C29H44N4O5. The van der Waals surface area contributed by atoms with Gasteiger partial charge in [0.2, 0.25) is 18.2 Å². The fraction of sp³-hybridized carbons (Fsp3) is 0.586. The highest BCUT2D eigenvalue weighted by Crippen LogP contribution is 2.26. The Kier molecular flexibility index (Phi) is 12.5. The largest absolute Gasteiger partial charge is 0.455 e. The maximum atomic E-state index is 13.5. The van der Waals surface area contributed by atoms with Crippen LogP contribution < -0.4 is 5.32 Å². The van der Waals surface area contributed by atoms with Crippen molar-refractivity contribution in [1.29, 1.82) is 0 Å². The smallest absolute Gasteiger partial charge is 0.329 e. The quantitative estimate of drug-likeness (QED) is 0.227. The first kappa shape index (κ1) is 31.0. The second kappa shape index (κ2) is 15.3. The van der Waals surface area contributed by atoms with E-state index in [9.17, 15) is 19.2 Å². The molecule has 210 valence electrons. The van der Waals surface area contributed by atoms with Gasteiger partial charge in [0.25, 0.3) is 0 Å². The fourth-order valence-corrected chi connectivity index (χ4v) is 4.79. The van der Waals surface area contributed by atoms with Crippen LogP contribution >= 0.6 is 0 Å². The molecule has 1 saturated heterocycles. The zero-order chi connectivity index (χ0) is 28.2. The summed E-state index contributed by atoms with van der Waals surface area (Å²) in [6, 6.07) is 8.72. The van der Waals surface area contributed by atoms with E-state index in [0.29, 0.717) is 37.9 Å². The third kappa shape index (κ3) is 8.41. The molecule has 9 heteroatoms. The van der Waals surface area contributed by atoms with Crippen molar-refractivity contribution in [3.05, 3.63) is 47.5 Å². The lowest BCUT2D eigenvalue weighted by atomic mass is 9.99. The monoisotopic (exact) mass is 528 g/mol. The van der Waals surface area contributed by atoms with E-state index in [1.54, 1.807) is 24.9 Å². The molecule has 1 aromatic carbocycles. The van der Waals surface area contributed by atoms with Gasteiger partial charge in [0.15, 0.2) is 0 Å². The minimum atomic E-state index is -0.651. The summed E-state index contributed by atoms with van der Waals surface area (Å²) in [5, 5.41) is 2.39. The second-order valence-corrected chi connectivity index (χ2v) is 10.1. The number of carbonyl (C=O) groups is 4. The molecule has 1 aromatic rings. The van der Waals surface area contributed by atoms with E-state index in [1.807, 2.05) is 44.2 Å². The molecule has 1 fully saturated rings. The van der Waals surface area contributed by atoms with Crippen molar-refractivity contribution in [1.82, 2.24) is 20.0 Å². The molecule has 0 aliphatic carbocycles. The molecule has 3 amide bonds. The maximum Gasteiger partial charge on any atom is 0.329 e. The summed E-state index contributed by atoms with van der Waals surface area (Å²) in [5.74, 6) is -0.844. The Bertz CT molecular complexity index is 961. The Labute approximate surface area is 227 Å². The van der Waals surface area contributed by atoms with Gasteiger partial charge in [-0.2, -0.15) is 0 Å². The molecule has 1 aliphatic heterocycles. The number of carbonyl (C=O) groups excluding carboxylic acids is 4. The average molecular weight is 529 g/mol. The summed E-state index contributed by atoms with van der Waals surface area (Å²) in [7, 11) is 1.66. The lowest BCUT2D eigenvalue weighted by Crippen LogP contribution is -2.45. The van der Waals surface area contributed by atoms with Gasteiger partial charge in [-0.15, -0.1) is 0 Å². The number of rotatable bonds is 14. The van der Waals surface area contributed by atoms with Crippen molar-refractivity contribution in [2.24, 2.45) is 5.92 Å². The molecule has 3 atom stereocenters. The fourth-order valence-electron chi connectivity index (χ4n) is 4.79. The van der Waals surface area contributed by atoms with Crippen molar-refractivity contribution in [3.63, 3.8) is 0 Å². The molecule has 38 heavy (non-hydrogen) atoms. The van der Waals surface area contributed by atoms with Crippen molar-refractivity contribution < 1.29 is 23.9 Å². The zero-order valence-electron chi connectivity index (χ0n) is 23.7. The Morgan fingerprint density at radius 1 is 1.16 bits per heavy atom. The summed E-state index contributed by atoms with van der Waals surface area (Å²) in [5.41, 5.74) is 1.39. The average Bonchev–Trinajstić information content (AvgIpc) is 3.42. The number of nitrogens with one attached hydrogen (secondary N) is 1. The van der Waals surface area contributed by atoms with E-state index < -0.39 is 18.1 Å². The molecule has 9 nitrogen and oxygen atoms in total. The highest BCUT2D eigenvalue weighted by molar-refractivity contribution is 5.96. The normalized spacial score (nSPS) is 17.3. The van der Waals surface area contributed by atoms with Gasteiger partial charge < -0.3 is 19.9 Å². The van der Waals surface area contributed by atoms with E-state index in [-0.39, 0.29) is 30.3 Å². The predicted molar refractivity (Wildman–Crippen MR) is 147 cm³/mol. The maximum absolute atomic E-state index is 13.5. The molecule has 1 heterocycles. The number of benzene rings is 1. The third-order valence-electron chi connectivity index (χ3n) is 7.15. The van der Waals surface area contributed by atoms with Gasteiger partial charge in [0.1, 0.15) is 12.1 Å². The molecule has 0 bridgehead atoms. The number of hydrogen-bond donors (Lipinski definition) is 1. The van der Waals surface area contributed by atoms with Crippen molar-refractivity contribution >= 4 is 24.2 Å². The van der Waals surface area contributed by atoms with Gasteiger partial charge in [0.05, 0.1) is 12.6 Å². The van der Waals surface area contributed by atoms with Gasteiger partial charge in [-0.1, -0.05) is 64.1 Å². The molecule has 0 spiro atoms. The van der Waals surface area contributed by atoms with Gasteiger partial charge in [0, 0.05) is 25.7 Å². The molecule has 0 saturated carbocycles. The number of nitrogens with zero attached hydrogens (tertiary/aromatic N) is 3. The molecule has 0 radical (unpaired) electrons. The van der Waals surface area contributed by atoms with E-state index in [2.05, 4.69) is 24.1 Å². The number of amides is 3. The van der Waals surface area contributed by atoms with Crippen LogP contribution in [0.3, 0.4) is 0 Å². The number of esters is 1. The Morgan fingerprint density at radius 2 is 1.82 bits per heavy atom. The van der Waals surface area contributed by atoms with Gasteiger partial charge >= 0.3 is 5.97 Å². The molecule has 1 unspecified atom stereocenters. The zero-order valence-corrected chi connectivity index (χ0v) is 23.7. The summed E-state index contributed by atoms with van der Waals surface area (Å²) in [6.45, 7) is 12.4. The number of ether oxygens (including phenoxy) is 1. The van der Waals surface area contributed by atoms with Crippen molar-refractivity contribution in [3.8, 4) is 0 Å². The van der Waals surface area contributed by atoms with Crippen LogP contribution in [0.4, 0.5) is 0 Å². The summed E-state index contributed by atoms with van der Waals surface area (Å²) in [6.07, 6.45) is 3.10. The second-order valence-electron chi connectivity index (χ2n) is 10.1. The minimum absolute atomic E-state index is 0.0361. The lowest BCUT2D eigenvalue weighted by Gasteiger charge is -2.31. The summed E-state index contributed by atoms with van der Waals surface area (Å²) >= 11 is 0. The van der Waals surface area contributed by atoms with Gasteiger partial charge in [-0.05, 0) is 44.3 Å². The molecule has 1 N–H and O–H groups in total. The first-order valence-corrected chi connectivity index (χ1v) is 13.5. The van der Waals surface area contributed by atoms with E-state index in [0.717, 1.165) is 18.7 Å². The van der Waals surface area contributed by atoms with Gasteiger partial charge in [-0.25, -0.2) is 4.79 Å². The first-order chi connectivity index (χ1) is 18.1. The molecule has 2 rings (SSSR count). The summed E-state index contributed by atoms with van der Waals surface area (Å²) in [4.78, 5) is 55.3. The van der Waals surface area contributed by atoms with Crippen LogP contribution in [0.2, 0.25) is 0 Å². The molecule has 0 aromatic heterocycles. The highest BCUT2D eigenvalue weighted by atomic mass is 16.5. The van der Waals surface area contributed by atoms with Crippen LogP contribution in [0, 0.1) is 5.92 Å². The van der Waals surface area contributed by atoms with Crippen LogP contribution in [-0.4, -0.2) is 90.7 Å². The van der Waals surface area contributed by atoms with Crippen molar-refractivity contribution in [2.45, 2.75) is 65.6 Å². The number of likely N-dealkylation sites (tertiary alicyclic amines) is 1. The minimum Gasteiger partial charge on any atom is -0.455 e. The van der Waals surface area contributed by atoms with Crippen molar-refractivity contribution in [2.75, 3.05) is 39.8 Å². The van der Waals surface area contributed by atoms with Gasteiger partial charge in [-0.3, -0.25) is 19.3 Å². The van der Waals surface area contributed by atoms with E-state index in [4.69, 9.17) is 4.74 Å². The Morgan fingerprint density at radius 3 is 2.39 bits per heavy atom. The highest BCUT2D eigenvalue weighted by Gasteiger charge is 2.37. The Balaban J connectivity index is 2.20. The van der Waals surface area contributed by atoms with Crippen LogP contribution in [-0.2, 0) is 23.9 Å². The lowest BCUT2D eigenvalue weighted by molar-refractivity contribution is -0.158. The van der Waals surface area contributed by atoms with E-state index in [1.165, 1.54) is 4.90 Å². The topological polar surface area (TPSA) is 99.3 Å². The van der Waals surface area contributed by atoms with E-state index >= 15 is 0 Å². The van der Waals surface area contributed by atoms with Crippen LogP contribution in [0.5, 0.6) is 0 Å². The predicted octanol–water partition coefficient (Wildman–Crippen LogP) is 2.78.